The number of anilines is 2. The molecule has 3 aromatic rings. The summed E-state index contributed by atoms with van der Waals surface area (Å²) in [6, 6.07) is 16.1. The van der Waals surface area contributed by atoms with Crippen molar-refractivity contribution in [3.8, 4) is 17.2 Å². The molecule has 34 heavy (non-hydrogen) atoms. The number of carbonyl (C=O) groups is 1. The first-order chi connectivity index (χ1) is 16.2. The fourth-order valence-electron chi connectivity index (χ4n) is 3.30. The van der Waals surface area contributed by atoms with Crippen molar-refractivity contribution in [3.05, 3.63) is 71.2 Å². The van der Waals surface area contributed by atoms with Crippen LogP contribution in [-0.2, 0) is 14.8 Å². The fourth-order valence-corrected chi connectivity index (χ4v) is 5.21. The van der Waals surface area contributed by atoms with E-state index in [9.17, 15) is 13.2 Å². The van der Waals surface area contributed by atoms with Gasteiger partial charge in [-0.1, -0.05) is 29.8 Å². The SMILES string of the molecule is COc1ccc(N(CC(=O)Nc2ccccc2OC)S(=O)(=O)c2cc(C)ccc2OC)cc1Cl. The molecule has 0 unspecified atom stereocenters. The number of hydrogen-bond acceptors (Lipinski definition) is 6. The van der Waals surface area contributed by atoms with Gasteiger partial charge in [0.1, 0.15) is 28.7 Å². The number of ether oxygens (including phenoxy) is 3. The van der Waals surface area contributed by atoms with Crippen LogP contribution in [0, 0.1) is 6.92 Å². The van der Waals surface area contributed by atoms with Crippen LogP contribution in [0.3, 0.4) is 0 Å². The molecule has 10 heteroatoms. The summed E-state index contributed by atoms with van der Waals surface area (Å²) in [5.74, 6) is 0.388. The van der Waals surface area contributed by atoms with Gasteiger partial charge in [0.25, 0.3) is 10.0 Å². The first-order valence-corrected chi connectivity index (χ1v) is 12.0. The molecule has 3 rings (SSSR count). The summed E-state index contributed by atoms with van der Waals surface area (Å²) in [5.41, 5.74) is 1.31. The minimum atomic E-state index is -4.24. The van der Waals surface area contributed by atoms with Crippen molar-refractivity contribution in [2.45, 2.75) is 11.8 Å². The largest absolute Gasteiger partial charge is 0.495 e. The second kappa shape index (κ2) is 10.7. The summed E-state index contributed by atoms with van der Waals surface area (Å²) < 4.78 is 44.3. The van der Waals surface area contributed by atoms with Gasteiger partial charge < -0.3 is 19.5 Å². The lowest BCUT2D eigenvalue weighted by Gasteiger charge is -2.25. The van der Waals surface area contributed by atoms with Crippen LogP contribution >= 0.6 is 11.6 Å². The summed E-state index contributed by atoms with van der Waals surface area (Å²) in [7, 11) is 0.0690. The van der Waals surface area contributed by atoms with E-state index in [2.05, 4.69) is 5.32 Å². The molecule has 0 atom stereocenters. The minimum Gasteiger partial charge on any atom is -0.495 e. The van der Waals surface area contributed by atoms with Gasteiger partial charge in [0.15, 0.2) is 0 Å². The lowest BCUT2D eigenvalue weighted by atomic mass is 10.2. The zero-order valence-electron chi connectivity index (χ0n) is 19.2. The van der Waals surface area contributed by atoms with Gasteiger partial charge in [0, 0.05) is 0 Å². The van der Waals surface area contributed by atoms with E-state index in [1.165, 1.54) is 45.6 Å². The van der Waals surface area contributed by atoms with Crippen molar-refractivity contribution in [3.63, 3.8) is 0 Å². The monoisotopic (exact) mass is 504 g/mol. The number of amides is 1. The average Bonchev–Trinajstić information content (AvgIpc) is 2.82. The van der Waals surface area contributed by atoms with Crippen molar-refractivity contribution in [2.75, 3.05) is 37.5 Å². The molecule has 0 aliphatic carbocycles. The Kier molecular flexibility index (Phi) is 7.90. The predicted octanol–water partition coefficient (Wildman–Crippen LogP) is 4.51. The zero-order chi connectivity index (χ0) is 24.9. The van der Waals surface area contributed by atoms with E-state index in [0.29, 0.717) is 22.7 Å². The number of methoxy groups -OCH3 is 3. The maximum Gasteiger partial charge on any atom is 0.268 e. The molecule has 0 aliphatic heterocycles. The molecule has 0 aromatic heterocycles. The second-order valence-corrected chi connectivity index (χ2v) is 9.47. The smallest absolute Gasteiger partial charge is 0.268 e. The summed E-state index contributed by atoms with van der Waals surface area (Å²) in [6.07, 6.45) is 0. The van der Waals surface area contributed by atoms with Crippen LogP contribution in [0.25, 0.3) is 0 Å². The first kappa shape index (κ1) is 25.2. The molecule has 0 fully saturated rings. The van der Waals surface area contributed by atoms with Gasteiger partial charge >= 0.3 is 0 Å². The molecule has 0 saturated heterocycles. The van der Waals surface area contributed by atoms with Crippen molar-refractivity contribution >= 4 is 38.9 Å². The maximum atomic E-state index is 13.8. The van der Waals surface area contributed by atoms with E-state index < -0.39 is 22.5 Å². The molecule has 8 nitrogen and oxygen atoms in total. The van der Waals surface area contributed by atoms with Gasteiger partial charge in [-0.05, 0) is 55.0 Å². The highest BCUT2D eigenvalue weighted by Gasteiger charge is 2.31. The molecule has 0 saturated carbocycles. The van der Waals surface area contributed by atoms with Crippen LogP contribution in [0.5, 0.6) is 17.2 Å². The molecule has 0 spiro atoms. The summed E-state index contributed by atoms with van der Waals surface area (Å²) >= 11 is 6.27. The molecule has 180 valence electrons. The molecule has 0 aliphatic rings. The third-order valence-corrected chi connectivity index (χ3v) is 7.07. The second-order valence-electron chi connectivity index (χ2n) is 7.23. The van der Waals surface area contributed by atoms with Gasteiger partial charge in [-0.15, -0.1) is 0 Å². The lowest BCUT2D eigenvalue weighted by Crippen LogP contribution is -2.38. The first-order valence-electron chi connectivity index (χ1n) is 10.1. The number of benzene rings is 3. The number of hydrogen-bond donors (Lipinski definition) is 1. The predicted molar refractivity (Wildman–Crippen MR) is 132 cm³/mol. The van der Waals surface area contributed by atoms with Gasteiger partial charge in [0.05, 0.1) is 37.7 Å². The van der Waals surface area contributed by atoms with Crippen LogP contribution in [0.4, 0.5) is 11.4 Å². The number of rotatable bonds is 9. The summed E-state index contributed by atoms with van der Waals surface area (Å²) in [4.78, 5) is 12.9. The number of sulfonamides is 1. The molecule has 0 radical (unpaired) electrons. The van der Waals surface area contributed by atoms with Gasteiger partial charge in [0.2, 0.25) is 5.91 Å². The van der Waals surface area contributed by atoms with E-state index in [0.717, 1.165) is 4.31 Å². The maximum absolute atomic E-state index is 13.8. The number of nitrogens with one attached hydrogen (secondary N) is 1. The standard InChI is InChI=1S/C24H25ClN2O6S/c1-16-9-11-22(33-4)23(13-16)34(29,30)27(17-10-12-20(31-2)18(25)14-17)15-24(28)26-19-7-5-6-8-21(19)32-3/h5-14H,15H2,1-4H3,(H,26,28). The number of aryl methyl sites for hydroxylation is 1. The summed E-state index contributed by atoms with van der Waals surface area (Å²) in [6.45, 7) is 1.24. The van der Waals surface area contributed by atoms with Gasteiger partial charge in [-0.3, -0.25) is 9.10 Å². The molecule has 1 amide bonds. The third kappa shape index (κ3) is 5.37. The van der Waals surface area contributed by atoms with Crippen LogP contribution in [0.2, 0.25) is 5.02 Å². The van der Waals surface area contributed by atoms with Crippen molar-refractivity contribution in [1.82, 2.24) is 0 Å². The fraction of sp³-hybridized carbons (Fsp3) is 0.208. The Hall–Kier alpha value is -3.43. The molecular formula is C24H25ClN2O6S. The Morgan fingerprint density at radius 2 is 1.56 bits per heavy atom. The van der Waals surface area contributed by atoms with E-state index in [-0.39, 0.29) is 21.4 Å². The van der Waals surface area contributed by atoms with Gasteiger partial charge in [-0.25, -0.2) is 8.42 Å². The van der Waals surface area contributed by atoms with Crippen LogP contribution in [0.1, 0.15) is 5.56 Å². The van der Waals surface area contributed by atoms with Crippen molar-refractivity contribution < 1.29 is 27.4 Å². The van der Waals surface area contributed by atoms with Crippen LogP contribution in [0.15, 0.2) is 65.6 Å². The minimum absolute atomic E-state index is 0.0768. The molecule has 3 aromatic carbocycles. The average molecular weight is 505 g/mol. The zero-order valence-corrected chi connectivity index (χ0v) is 20.7. The van der Waals surface area contributed by atoms with E-state index in [1.807, 2.05) is 0 Å². The molecule has 0 bridgehead atoms. The van der Waals surface area contributed by atoms with Crippen LogP contribution < -0.4 is 23.8 Å². The quantitative estimate of drug-likeness (QED) is 0.461. The Morgan fingerprint density at radius 1 is 0.912 bits per heavy atom. The number of para-hydroxylation sites is 2. The number of halogens is 1. The Labute approximate surface area is 204 Å². The third-order valence-electron chi connectivity index (χ3n) is 4.98. The Balaban J connectivity index is 2.07. The molecule has 1 N–H and O–H groups in total. The highest BCUT2D eigenvalue weighted by Crippen LogP contribution is 2.35. The normalized spacial score (nSPS) is 11.0. The highest BCUT2D eigenvalue weighted by molar-refractivity contribution is 7.93. The van der Waals surface area contributed by atoms with E-state index >= 15 is 0 Å². The van der Waals surface area contributed by atoms with Crippen LogP contribution in [-0.4, -0.2) is 42.2 Å². The number of carbonyl (C=O) groups excluding carboxylic acids is 1. The Morgan fingerprint density at radius 3 is 2.21 bits per heavy atom. The van der Waals surface area contributed by atoms with E-state index in [1.54, 1.807) is 43.3 Å². The highest BCUT2D eigenvalue weighted by atomic mass is 35.5. The summed E-state index contributed by atoms with van der Waals surface area (Å²) in [5, 5.41) is 2.90. The Bertz CT molecular complexity index is 1300. The van der Waals surface area contributed by atoms with Gasteiger partial charge in [-0.2, -0.15) is 0 Å². The lowest BCUT2D eigenvalue weighted by molar-refractivity contribution is -0.114. The van der Waals surface area contributed by atoms with E-state index in [4.69, 9.17) is 25.8 Å². The van der Waals surface area contributed by atoms with Crippen molar-refractivity contribution in [1.29, 1.82) is 0 Å². The molecular weight excluding hydrogens is 480 g/mol. The van der Waals surface area contributed by atoms with Crippen molar-refractivity contribution in [2.24, 2.45) is 0 Å². The topological polar surface area (TPSA) is 94.2 Å². The number of nitrogens with zero attached hydrogens (tertiary/aromatic N) is 1. The molecule has 0 heterocycles.